The lowest BCUT2D eigenvalue weighted by atomic mass is 9.97. The second-order valence-corrected chi connectivity index (χ2v) is 6.48. The highest BCUT2D eigenvalue weighted by molar-refractivity contribution is 5.76. The van der Waals surface area contributed by atoms with Crippen LogP contribution < -0.4 is 10.6 Å². The zero-order valence-electron chi connectivity index (χ0n) is 13.3. The van der Waals surface area contributed by atoms with Gasteiger partial charge in [-0.25, -0.2) is 0 Å². The van der Waals surface area contributed by atoms with Crippen LogP contribution in [0.3, 0.4) is 0 Å². The van der Waals surface area contributed by atoms with Gasteiger partial charge in [0.15, 0.2) is 0 Å². The predicted octanol–water partition coefficient (Wildman–Crippen LogP) is 1.90. The van der Waals surface area contributed by atoms with Gasteiger partial charge in [0.2, 0.25) is 5.91 Å². The first kappa shape index (κ1) is 15.8. The van der Waals surface area contributed by atoms with Crippen LogP contribution in [0.2, 0.25) is 0 Å². The molecule has 2 saturated heterocycles. The van der Waals surface area contributed by atoms with Crippen LogP contribution in [0.15, 0.2) is 0 Å². The smallest absolute Gasteiger partial charge is 0.221 e. The average Bonchev–Trinajstić information content (AvgIpc) is 2.66. The molecule has 4 heteroatoms. The molecule has 2 N–H and O–H groups in total. The van der Waals surface area contributed by atoms with Crippen LogP contribution in [0.25, 0.3) is 0 Å². The monoisotopic (exact) mass is 281 g/mol. The topological polar surface area (TPSA) is 44.4 Å². The van der Waals surface area contributed by atoms with Crippen molar-refractivity contribution in [2.24, 2.45) is 0 Å². The van der Waals surface area contributed by atoms with E-state index in [0.29, 0.717) is 30.6 Å². The first-order chi connectivity index (χ1) is 9.63. The fourth-order valence-corrected chi connectivity index (χ4v) is 3.77. The Bertz CT molecular complexity index is 307. The van der Waals surface area contributed by atoms with Gasteiger partial charge in [-0.3, -0.25) is 9.69 Å². The molecule has 2 fully saturated rings. The molecule has 0 aliphatic carbocycles. The number of amides is 1. The van der Waals surface area contributed by atoms with Gasteiger partial charge in [-0.1, -0.05) is 13.8 Å². The van der Waals surface area contributed by atoms with Gasteiger partial charge in [0.05, 0.1) is 0 Å². The third-order valence-corrected chi connectivity index (χ3v) is 4.99. The minimum atomic E-state index is 0.215. The highest BCUT2D eigenvalue weighted by Gasteiger charge is 2.40. The third-order valence-electron chi connectivity index (χ3n) is 4.99. The Morgan fingerprint density at radius 3 is 2.45 bits per heavy atom. The van der Waals surface area contributed by atoms with Gasteiger partial charge < -0.3 is 10.6 Å². The van der Waals surface area contributed by atoms with Crippen molar-refractivity contribution in [3.8, 4) is 0 Å². The summed E-state index contributed by atoms with van der Waals surface area (Å²) < 4.78 is 0. The fourth-order valence-electron chi connectivity index (χ4n) is 3.77. The summed E-state index contributed by atoms with van der Waals surface area (Å²) in [7, 11) is 0. The summed E-state index contributed by atoms with van der Waals surface area (Å²) in [5.74, 6) is 0.215. The molecule has 3 atom stereocenters. The Kier molecular flexibility index (Phi) is 5.85. The summed E-state index contributed by atoms with van der Waals surface area (Å²) >= 11 is 0. The van der Waals surface area contributed by atoms with Crippen molar-refractivity contribution in [3.63, 3.8) is 0 Å². The van der Waals surface area contributed by atoms with Crippen LogP contribution in [-0.2, 0) is 4.79 Å². The van der Waals surface area contributed by atoms with Crippen LogP contribution >= 0.6 is 0 Å². The lowest BCUT2D eigenvalue weighted by Crippen LogP contribution is -2.50. The molecule has 0 aromatic carbocycles. The average molecular weight is 281 g/mol. The molecule has 0 spiro atoms. The maximum absolute atomic E-state index is 11.9. The second kappa shape index (κ2) is 7.41. The van der Waals surface area contributed by atoms with Crippen molar-refractivity contribution >= 4 is 5.91 Å². The Morgan fingerprint density at radius 2 is 1.90 bits per heavy atom. The Labute approximate surface area is 123 Å². The fraction of sp³-hybridized carbons (Fsp3) is 0.938. The van der Waals surface area contributed by atoms with Gasteiger partial charge in [0, 0.05) is 37.1 Å². The minimum absolute atomic E-state index is 0.215. The Morgan fingerprint density at radius 1 is 1.25 bits per heavy atom. The largest absolute Gasteiger partial charge is 0.354 e. The van der Waals surface area contributed by atoms with E-state index in [-0.39, 0.29) is 5.91 Å². The van der Waals surface area contributed by atoms with Crippen LogP contribution in [-0.4, -0.2) is 48.1 Å². The molecule has 0 aromatic rings. The van der Waals surface area contributed by atoms with Gasteiger partial charge in [-0.15, -0.1) is 0 Å². The highest BCUT2D eigenvalue weighted by Crippen LogP contribution is 2.35. The number of rotatable bonds is 7. The van der Waals surface area contributed by atoms with Crippen molar-refractivity contribution in [2.75, 3.05) is 13.1 Å². The number of fused-ring (bicyclic) bond motifs is 2. The molecular formula is C16H31N3O. The molecule has 2 bridgehead atoms. The summed E-state index contributed by atoms with van der Waals surface area (Å²) in [5, 5.41) is 6.67. The SMILES string of the molecule is CCNC1CC2CCC(C1)N2CCC(=O)NC(C)CC. The number of nitrogens with one attached hydrogen (secondary N) is 2. The molecule has 3 unspecified atom stereocenters. The van der Waals surface area contributed by atoms with Crippen LogP contribution in [0.4, 0.5) is 0 Å². The van der Waals surface area contributed by atoms with Gasteiger partial charge in [-0.2, -0.15) is 0 Å². The lowest BCUT2D eigenvalue weighted by Gasteiger charge is -2.39. The third kappa shape index (κ3) is 3.95. The van der Waals surface area contributed by atoms with E-state index in [2.05, 4.69) is 36.3 Å². The van der Waals surface area contributed by atoms with E-state index in [1.807, 2.05) is 0 Å². The van der Waals surface area contributed by atoms with Crippen LogP contribution in [0.5, 0.6) is 0 Å². The van der Waals surface area contributed by atoms with Crippen molar-refractivity contribution in [1.29, 1.82) is 0 Å². The van der Waals surface area contributed by atoms with Gasteiger partial charge in [0.25, 0.3) is 0 Å². The number of piperidine rings is 1. The molecule has 0 aromatic heterocycles. The number of carbonyl (C=O) groups is 1. The lowest BCUT2D eigenvalue weighted by molar-refractivity contribution is -0.122. The zero-order valence-corrected chi connectivity index (χ0v) is 13.3. The van der Waals surface area contributed by atoms with Crippen molar-refractivity contribution < 1.29 is 4.79 Å². The zero-order chi connectivity index (χ0) is 14.5. The number of hydrogen-bond donors (Lipinski definition) is 2. The molecular weight excluding hydrogens is 250 g/mol. The van der Waals surface area contributed by atoms with Gasteiger partial charge in [-0.05, 0) is 45.6 Å². The minimum Gasteiger partial charge on any atom is -0.354 e. The van der Waals surface area contributed by atoms with E-state index >= 15 is 0 Å². The first-order valence-electron chi connectivity index (χ1n) is 8.42. The summed E-state index contributed by atoms with van der Waals surface area (Å²) in [5.41, 5.74) is 0. The van der Waals surface area contributed by atoms with Crippen LogP contribution in [0.1, 0.15) is 59.3 Å². The summed E-state index contributed by atoms with van der Waals surface area (Å²) in [6.45, 7) is 8.38. The van der Waals surface area contributed by atoms with Crippen molar-refractivity contribution in [1.82, 2.24) is 15.5 Å². The highest BCUT2D eigenvalue weighted by atomic mass is 16.1. The van der Waals surface area contributed by atoms with E-state index in [0.717, 1.165) is 19.5 Å². The van der Waals surface area contributed by atoms with Gasteiger partial charge in [0.1, 0.15) is 0 Å². The van der Waals surface area contributed by atoms with Crippen LogP contribution in [0, 0.1) is 0 Å². The van der Waals surface area contributed by atoms with Crippen molar-refractivity contribution in [3.05, 3.63) is 0 Å². The number of carbonyl (C=O) groups excluding carboxylic acids is 1. The van der Waals surface area contributed by atoms with Crippen molar-refractivity contribution in [2.45, 2.75) is 83.5 Å². The quantitative estimate of drug-likeness (QED) is 0.749. The Hall–Kier alpha value is -0.610. The second-order valence-electron chi connectivity index (χ2n) is 6.48. The molecule has 116 valence electrons. The molecule has 2 aliphatic heterocycles. The molecule has 4 nitrogen and oxygen atoms in total. The summed E-state index contributed by atoms with van der Waals surface area (Å²) in [6.07, 6.45) is 6.82. The molecule has 0 saturated carbocycles. The molecule has 20 heavy (non-hydrogen) atoms. The van der Waals surface area contributed by atoms with E-state index in [1.54, 1.807) is 0 Å². The molecule has 0 radical (unpaired) electrons. The predicted molar refractivity (Wildman–Crippen MR) is 82.7 cm³/mol. The van der Waals surface area contributed by atoms with E-state index in [4.69, 9.17) is 0 Å². The summed E-state index contributed by atoms with van der Waals surface area (Å²) in [6, 6.07) is 2.41. The molecule has 2 heterocycles. The van der Waals surface area contributed by atoms with E-state index in [1.165, 1.54) is 25.7 Å². The Balaban J connectivity index is 1.76. The normalized spacial score (nSPS) is 31.2. The first-order valence-corrected chi connectivity index (χ1v) is 8.42. The molecule has 1 amide bonds. The molecule has 2 aliphatic rings. The maximum atomic E-state index is 11.9. The maximum Gasteiger partial charge on any atom is 0.221 e. The number of hydrogen-bond acceptors (Lipinski definition) is 3. The molecule has 2 rings (SSSR count). The number of nitrogens with zero attached hydrogens (tertiary/aromatic N) is 1. The summed E-state index contributed by atoms with van der Waals surface area (Å²) in [4.78, 5) is 14.5. The standard InChI is InChI=1S/C16H31N3O/c1-4-12(3)18-16(20)8-9-19-14-6-7-15(19)11-13(10-14)17-5-2/h12-15,17H,4-11H2,1-3H3,(H,18,20). The van der Waals surface area contributed by atoms with E-state index < -0.39 is 0 Å². The van der Waals surface area contributed by atoms with Gasteiger partial charge >= 0.3 is 0 Å². The van der Waals surface area contributed by atoms with E-state index in [9.17, 15) is 4.79 Å².